The van der Waals surface area contributed by atoms with E-state index in [2.05, 4.69) is 0 Å². The minimum absolute atomic E-state index is 0.363. The summed E-state index contributed by atoms with van der Waals surface area (Å²) in [5.41, 5.74) is 7.60. The molecule has 6 heteroatoms. The summed E-state index contributed by atoms with van der Waals surface area (Å²) in [6, 6.07) is 7.60. The van der Waals surface area contributed by atoms with E-state index in [0.717, 1.165) is 17.4 Å². The van der Waals surface area contributed by atoms with Gasteiger partial charge in [-0.3, -0.25) is 4.79 Å². The zero-order chi connectivity index (χ0) is 16.3. The lowest BCUT2D eigenvalue weighted by atomic mass is 10.1. The maximum Gasteiger partial charge on any atom is 0.243 e. The van der Waals surface area contributed by atoms with Gasteiger partial charge in [-0.25, -0.2) is 8.42 Å². The second-order valence-electron chi connectivity index (χ2n) is 5.57. The highest BCUT2D eigenvalue weighted by Crippen LogP contribution is 2.21. The molecule has 0 bridgehead atoms. The molecule has 1 aromatic rings. The maximum absolute atomic E-state index is 12.6. The van der Waals surface area contributed by atoms with Gasteiger partial charge in [-0.05, 0) is 31.9 Å². The summed E-state index contributed by atoms with van der Waals surface area (Å²) >= 11 is 0. The standard InChI is InChI=1S/C15H24N2O3S/c1-5-17(14(18)15(2,3)21(4,19)20)11-13-9-7-6-8-12(13)10-16/h6-9H,5,10-11,16H2,1-4H3. The molecule has 0 aliphatic heterocycles. The zero-order valence-corrected chi connectivity index (χ0v) is 13.9. The molecule has 0 spiro atoms. The van der Waals surface area contributed by atoms with E-state index in [1.807, 2.05) is 31.2 Å². The topological polar surface area (TPSA) is 80.5 Å². The number of carbonyl (C=O) groups is 1. The minimum Gasteiger partial charge on any atom is -0.337 e. The van der Waals surface area contributed by atoms with Gasteiger partial charge in [0.05, 0.1) is 0 Å². The van der Waals surface area contributed by atoms with Crippen LogP contribution in [0.5, 0.6) is 0 Å². The van der Waals surface area contributed by atoms with Crippen molar-refractivity contribution < 1.29 is 13.2 Å². The molecule has 0 aromatic heterocycles. The van der Waals surface area contributed by atoms with Crippen LogP contribution in [0.15, 0.2) is 24.3 Å². The molecule has 1 amide bonds. The van der Waals surface area contributed by atoms with Crippen LogP contribution in [0.3, 0.4) is 0 Å². The third-order valence-electron chi connectivity index (χ3n) is 3.81. The molecule has 1 rings (SSSR count). The van der Waals surface area contributed by atoms with Crippen LogP contribution in [0.2, 0.25) is 0 Å². The highest BCUT2D eigenvalue weighted by atomic mass is 32.2. The summed E-state index contributed by atoms with van der Waals surface area (Å²) in [4.78, 5) is 14.1. The van der Waals surface area contributed by atoms with Crippen LogP contribution in [-0.2, 0) is 27.7 Å². The van der Waals surface area contributed by atoms with Gasteiger partial charge in [-0.15, -0.1) is 0 Å². The monoisotopic (exact) mass is 312 g/mol. The van der Waals surface area contributed by atoms with Crippen molar-refractivity contribution in [2.24, 2.45) is 5.73 Å². The first kappa shape index (κ1) is 17.7. The lowest BCUT2D eigenvalue weighted by molar-refractivity contribution is -0.133. The lowest BCUT2D eigenvalue weighted by Crippen LogP contribution is -2.49. The van der Waals surface area contributed by atoms with Crippen molar-refractivity contribution in [3.8, 4) is 0 Å². The Morgan fingerprint density at radius 1 is 1.24 bits per heavy atom. The summed E-state index contributed by atoms with van der Waals surface area (Å²) in [7, 11) is -3.48. The van der Waals surface area contributed by atoms with Crippen molar-refractivity contribution in [2.45, 2.75) is 38.6 Å². The summed E-state index contributed by atoms with van der Waals surface area (Å²) < 4.78 is 22.2. The van der Waals surface area contributed by atoms with Crippen LogP contribution >= 0.6 is 0 Å². The Kier molecular flexibility index (Phi) is 5.53. The van der Waals surface area contributed by atoms with E-state index in [1.165, 1.54) is 13.8 Å². The van der Waals surface area contributed by atoms with E-state index in [9.17, 15) is 13.2 Å². The molecule has 0 saturated heterocycles. The zero-order valence-electron chi connectivity index (χ0n) is 13.1. The number of rotatable bonds is 6. The van der Waals surface area contributed by atoms with Crippen LogP contribution in [0, 0.1) is 0 Å². The number of nitrogens with zero attached hydrogens (tertiary/aromatic N) is 1. The first-order valence-electron chi connectivity index (χ1n) is 6.91. The molecule has 0 saturated carbocycles. The second-order valence-corrected chi connectivity index (χ2v) is 8.14. The molecule has 118 valence electrons. The fraction of sp³-hybridized carbons (Fsp3) is 0.533. The smallest absolute Gasteiger partial charge is 0.243 e. The molecule has 0 aliphatic rings. The molecular formula is C15H24N2O3S. The molecule has 1 aromatic carbocycles. The predicted molar refractivity (Wildman–Crippen MR) is 84.3 cm³/mol. The molecule has 5 nitrogen and oxygen atoms in total. The number of sulfone groups is 1. The number of hydrogen-bond donors (Lipinski definition) is 1. The largest absolute Gasteiger partial charge is 0.337 e. The van der Waals surface area contributed by atoms with Crippen LogP contribution in [0.1, 0.15) is 31.9 Å². The van der Waals surface area contributed by atoms with E-state index < -0.39 is 14.6 Å². The Labute approximate surface area is 127 Å². The van der Waals surface area contributed by atoms with E-state index in [1.54, 1.807) is 4.90 Å². The maximum atomic E-state index is 12.6. The third-order valence-corrected chi connectivity index (χ3v) is 5.84. The number of benzene rings is 1. The number of amides is 1. The van der Waals surface area contributed by atoms with Gasteiger partial charge in [-0.1, -0.05) is 24.3 Å². The molecule has 0 heterocycles. The Hall–Kier alpha value is -1.40. The Morgan fingerprint density at radius 2 is 1.76 bits per heavy atom. The second kappa shape index (κ2) is 6.58. The van der Waals surface area contributed by atoms with E-state index in [4.69, 9.17) is 5.73 Å². The quantitative estimate of drug-likeness (QED) is 0.859. The van der Waals surface area contributed by atoms with Gasteiger partial charge in [0.1, 0.15) is 4.75 Å². The highest BCUT2D eigenvalue weighted by Gasteiger charge is 2.41. The lowest BCUT2D eigenvalue weighted by Gasteiger charge is -2.30. The summed E-state index contributed by atoms with van der Waals surface area (Å²) in [5, 5.41) is 0. The summed E-state index contributed by atoms with van der Waals surface area (Å²) in [6.07, 6.45) is 1.09. The normalized spacial score (nSPS) is 12.2. The molecule has 0 fully saturated rings. The van der Waals surface area contributed by atoms with Crippen molar-refractivity contribution in [3.63, 3.8) is 0 Å². The van der Waals surface area contributed by atoms with Crippen LogP contribution in [0.4, 0.5) is 0 Å². The van der Waals surface area contributed by atoms with Crippen LogP contribution in [-0.4, -0.2) is 36.8 Å². The number of carbonyl (C=O) groups excluding carboxylic acids is 1. The molecule has 21 heavy (non-hydrogen) atoms. The molecule has 0 atom stereocenters. The van der Waals surface area contributed by atoms with Crippen molar-refractivity contribution in [2.75, 3.05) is 12.8 Å². The first-order valence-corrected chi connectivity index (χ1v) is 8.80. The van der Waals surface area contributed by atoms with Gasteiger partial charge in [0, 0.05) is 25.9 Å². The minimum atomic E-state index is -3.48. The molecular weight excluding hydrogens is 288 g/mol. The Morgan fingerprint density at radius 3 is 2.19 bits per heavy atom. The predicted octanol–water partition coefficient (Wildman–Crippen LogP) is 1.32. The molecule has 2 N–H and O–H groups in total. The van der Waals surface area contributed by atoms with Gasteiger partial charge >= 0.3 is 0 Å². The van der Waals surface area contributed by atoms with Crippen molar-refractivity contribution in [3.05, 3.63) is 35.4 Å². The van der Waals surface area contributed by atoms with Gasteiger partial charge in [0.2, 0.25) is 5.91 Å². The average molecular weight is 312 g/mol. The Balaban J connectivity index is 3.07. The van der Waals surface area contributed by atoms with E-state index in [0.29, 0.717) is 19.6 Å². The summed E-state index contributed by atoms with van der Waals surface area (Å²) in [6.45, 7) is 5.92. The molecule has 0 unspecified atom stereocenters. The fourth-order valence-corrected chi connectivity index (χ4v) is 2.43. The van der Waals surface area contributed by atoms with Crippen molar-refractivity contribution in [1.82, 2.24) is 4.90 Å². The third kappa shape index (κ3) is 3.83. The average Bonchev–Trinajstić information content (AvgIpc) is 2.43. The molecule has 0 radical (unpaired) electrons. The SMILES string of the molecule is CCN(Cc1ccccc1CN)C(=O)C(C)(C)S(C)(=O)=O. The van der Waals surface area contributed by atoms with Gasteiger partial charge in [-0.2, -0.15) is 0 Å². The van der Waals surface area contributed by atoms with E-state index >= 15 is 0 Å². The van der Waals surface area contributed by atoms with Gasteiger partial charge in [0.15, 0.2) is 9.84 Å². The number of hydrogen-bond acceptors (Lipinski definition) is 4. The summed E-state index contributed by atoms with van der Waals surface area (Å²) in [5.74, 6) is -0.390. The highest BCUT2D eigenvalue weighted by molar-refractivity contribution is 7.92. The van der Waals surface area contributed by atoms with Crippen molar-refractivity contribution >= 4 is 15.7 Å². The number of nitrogens with two attached hydrogens (primary N) is 1. The van der Waals surface area contributed by atoms with E-state index in [-0.39, 0.29) is 5.91 Å². The first-order chi connectivity index (χ1) is 9.65. The van der Waals surface area contributed by atoms with Gasteiger partial charge in [0.25, 0.3) is 0 Å². The fourth-order valence-electron chi connectivity index (χ4n) is 1.98. The van der Waals surface area contributed by atoms with Crippen molar-refractivity contribution in [1.29, 1.82) is 0 Å². The Bertz CT molecular complexity index is 609. The van der Waals surface area contributed by atoms with Crippen LogP contribution < -0.4 is 5.73 Å². The van der Waals surface area contributed by atoms with Gasteiger partial charge < -0.3 is 10.6 Å². The molecule has 0 aliphatic carbocycles. The van der Waals surface area contributed by atoms with Crippen LogP contribution in [0.25, 0.3) is 0 Å².